The number of nitrogens with zero attached hydrogens (tertiary/aromatic N) is 1. The van der Waals surface area contributed by atoms with Gasteiger partial charge in [-0.1, -0.05) is 213 Å². The van der Waals surface area contributed by atoms with E-state index in [-0.39, 0.29) is 37.7 Å². The number of carbonyl (C=O) groups is 3. The molecule has 0 atom stereocenters. The zero-order valence-electron chi connectivity index (χ0n) is 37.5. The molecule has 0 fully saturated rings. The number of hydrogen-bond acceptors (Lipinski definition) is 7. The molecule has 0 aliphatic carbocycles. The second kappa shape index (κ2) is 40.6. The summed E-state index contributed by atoms with van der Waals surface area (Å²) in [6, 6.07) is 0. The van der Waals surface area contributed by atoms with Gasteiger partial charge in [-0.2, -0.15) is 0 Å². The van der Waals surface area contributed by atoms with Gasteiger partial charge >= 0.3 is 17.9 Å². The lowest BCUT2D eigenvalue weighted by atomic mass is 10.0. The van der Waals surface area contributed by atoms with Gasteiger partial charge in [0.05, 0.1) is 0 Å². The second-order valence-electron chi connectivity index (χ2n) is 17.0. The Balaban J connectivity index is 4.74. The van der Waals surface area contributed by atoms with E-state index in [0.717, 1.165) is 57.8 Å². The van der Waals surface area contributed by atoms with E-state index < -0.39 is 5.54 Å². The van der Waals surface area contributed by atoms with Crippen molar-refractivity contribution in [2.24, 2.45) is 0 Å². The lowest BCUT2D eigenvalue weighted by Crippen LogP contribution is -2.56. The molecule has 0 radical (unpaired) electrons. The van der Waals surface area contributed by atoms with Crippen molar-refractivity contribution in [3.63, 3.8) is 0 Å². The fourth-order valence-electron chi connectivity index (χ4n) is 7.17. The van der Waals surface area contributed by atoms with Crippen molar-refractivity contribution in [1.82, 2.24) is 4.90 Å². The highest BCUT2D eigenvalue weighted by atomic mass is 16.6. The van der Waals surface area contributed by atoms with Gasteiger partial charge in [0.2, 0.25) is 0 Å². The average Bonchev–Trinajstić information content (AvgIpc) is 3.17. The number of esters is 3. The lowest BCUT2D eigenvalue weighted by Gasteiger charge is -2.38. The van der Waals surface area contributed by atoms with Gasteiger partial charge in [-0.15, -0.1) is 0 Å². The van der Waals surface area contributed by atoms with Crippen molar-refractivity contribution in [1.29, 1.82) is 0 Å². The van der Waals surface area contributed by atoms with Gasteiger partial charge in [0.1, 0.15) is 25.4 Å². The average molecular weight is 780 g/mol. The molecule has 0 aliphatic heterocycles. The molecule has 0 aromatic carbocycles. The molecule has 0 amide bonds. The third-order valence-electron chi connectivity index (χ3n) is 11.4. The first-order valence-electron chi connectivity index (χ1n) is 24.0. The number of rotatable bonds is 43. The topological polar surface area (TPSA) is 82.1 Å². The van der Waals surface area contributed by atoms with E-state index in [1.165, 1.54) is 154 Å². The maximum Gasteiger partial charge on any atom is 0.305 e. The second-order valence-corrected chi connectivity index (χ2v) is 17.0. The minimum Gasteiger partial charge on any atom is -0.463 e. The normalized spacial score (nSPS) is 11.7. The summed E-state index contributed by atoms with van der Waals surface area (Å²) in [7, 11) is 3.74. The summed E-state index contributed by atoms with van der Waals surface area (Å²) in [5.74, 6) is -0.745. The van der Waals surface area contributed by atoms with Crippen LogP contribution in [0.4, 0.5) is 0 Å². The fraction of sp³-hybridized carbons (Fsp3) is 0.938. The summed E-state index contributed by atoms with van der Waals surface area (Å²) in [5, 5.41) is 0. The predicted molar refractivity (Wildman–Crippen MR) is 233 cm³/mol. The van der Waals surface area contributed by atoms with Gasteiger partial charge in [-0.05, 0) is 33.4 Å². The molecule has 0 spiro atoms. The van der Waals surface area contributed by atoms with E-state index in [9.17, 15) is 14.4 Å². The Morgan fingerprint density at radius 2 is 0.509 bits per heavy atom. The molecule has 0 rings (SSSR count). The molecule has 7 nitrogen and oxygen atoms in total. The Morgan fingerprint density at radius 1 is 0.327 bits per heavy atom. The summed E-state index contributed by atoms with van der Waals surface area (Å²) in [4.78, 5) is 40.4. The Kier molecular flexibility index (Phi) is 39.4. The minimum absolute atomic E-state index is 0.00825. The first-order chi connectivity index (χ1) is 26.8. The third-order valence-corrected chi connectivity index (χ3v) is 11.4. The van der Waals surface area contributed by atoms with Crippen molar-refractivity contribution in [3.8, 4) is 0 Å². The van der Waals surface area contributed by atoms with Crippen LogP contribution < -0.4 is 0 Å². The quantitative estimate of drug-likeness (QED) is 0.0346. The standard InChI is InChI=1S/C48H93NO6/c1-6-9-12-15-18-21-24-27-30-33-36-39-45(50)53-42-48(49(4)5,43-54-46(51)40-37-34-31-28-25-22-19-16-13-10-7-2)44-55-47(52)41-38-35-32-29-26-23-20-17-14-11-8-3/h6-44H2,1-5H3. The minimum atomic E-state index is -0.938. The van der Waals surface area contributed by atoms with Crippen LogP contribution in [0.2, 0.25) is 0 Å². The highest BCUT2D eigenvalue weighted by molar-refractivity contribution is 5.70. The van der Waals surface area contributed by atoms with Crippen LogP contribution in [-0.2, 0) is 28.6 Å². The molecule has 0 unspecified atom stereocenters. The molecule has 0 bridgehead atoms. The zero-order valence-corrected chi connectivity index (χ0v) is 37.5. The van der Waals surface area contributed by atoms with Gasteiger partial charge in [0.25, 0.3) is 0 Å². The molecule has 326 valence electrons. The zero-order chi connectivity index (χ0) is 40.5. The van der Waals surface area contributed by atoms with E-state index >= 15 is 0 Å². The molecule has 0 N–H and O–H groups in total. The molecule has 7 heteroatoms. The molecule has 0 saturated carbocycles. The first kappa shape index (κ1) is 53.4. The van der Waals surface area contributed by atoms with Crippen LogP contribution in [0.15, 0.2) is 0 Å². The van der Waals surface area contributed by atoms with Crippen LogP contribution in [0.3, 0.4) is 0 Å². The third kappa shape index (κ3) is 35.3. The van der Waals surface area contributed by atoms with Gasteiger partial charge in [-0.3, -0.25) is 19.3 Å². The number of unbranched alkanes of at least 4 members (excludes halogenated alkanes) is 30. The van der Waals surface area contributed by atoms with Crippen LogP contribution in [-0.4, -0.2) is 62.3 Å². The van der Waals surface area contributed by atoms with E-state index in [1.54, 1.807) is 0 Å². The Labute approximate surface area is 341 Å². The van der Waals surface area contributed by atoms with E-state index in [0.29, 0.717) is 19.3 Å². The molecular weight excluding hydrogens is 687 g/mol. The van der Waals surface area contributed by atoms with Crippen molar-refractivity contribution < 1.29 is 28.6 Å². The summed E-state index contributed by atoms with van der Waals surface area (Å²) in [5.41, 5.74) is -0.938. The van der Waals surface area contributed by atoms with Gasteiger partial charge in [0.15, 0.2) is 0 Å². The van der Waals surface area contributed by atoms with Crippen LogP contribution >= 0.6 is 0 Å². The summed E-state index contributed by atoms with van der Waals surface area (Å²) in [6.07, 6.45) is 41.6. The molecule has 0 heterocycles. The van der Waals surface area contributed by atoms with Crippen molar-refractivity contribution in [2.75, 3.05) is 33.9 Å². The highest BCUT2D eigenvalue weighted by Gasteiger charge is 2.38. The monoisotopic (exact) mass is 780 g/mol. The molecular formula is C48H93NO6. The Bertz CT molecular complexity index is 759. The van der Waals surface area contributed by atoms with E-state index in [1.807, 2.05) is 19.0 Å². The number of ether oxygens (including phenoxy) is 3. The summed E-state index contributed by atoms with van der Waals surface area (Å²) >= 11 is 0. The number of likely N-dealkylation sites (N-methyl/N-ethyl adjacent to an activating group) is 1. The maximum absolute atomic E-state index is 12.8. The van der Waals surface area contributed by atoms with Crippen LogP contribution in [0.1, 0.15) is 252 Å². The van der Waals surface area contributed by atoms with E-state index in [4.69, 9.17) is 14.2 Å². The highest BCUT2D eigenvalue weighted by Crippen LogP contribution is 2.20. The molecule has 0 saturated heterocycles. The van der Waals surface area contributed by atoms with Crippen LogP contribution in [0, 0.1) is 0 Å². The van der Waals surface area contributed by atoms with Crippen molar-refractivity contribution in [2.45, 2.75) is 257 Å². The Morgan fingerprint density at radius 3 is 0.691 bits per heavy atom. The summed E-state index contributed by atoms with van der Waals surface area (Å²) < 4.78 is 17.4. The fourth-order valence-corrected chi connectivity index (χ4v) is 7.17. The predicted octanol–water partition coefficient (Wildman–Crippen LogP) is 14.0. The van der Waals surface area contributed by atoms with Gasteiger partial charge in [0, 0.05) is 19.3 Å². The van der Waals surface area contributed by atoms with Gasteiger partial charge < -0.3 is 14.2 Å². The number of carbonyl (C=O) groups excluding carboxylic acids is 3. The Hall–Kier alpha value is -1.63. The molecule has 0 aromatic rings. The number of hydrogen-bond donors (Lipinski definition) is 0. The smallest absolute Gasteiger partial charge is 0.305 e. The van der Waals surface area contributed by atoms with Crippen LogP contribution in [0.5, 0.6) is 0 Å². The maximum atomic E-state index is 12.8. The molecule has 0 aromatic heterocycles. The molecule has 55 heavy (non-hydrogen) atoms. The summed E-state index contributed by atoms with van der Waals surface area (Å²) in [6.45, 7) is 6.79. The SMILES string of the molecule is CCCCCCCCCCCCCC(=O)OCC(COC(=O)CCCCCCCCCCCCC)(COC(=O)CCCCCCCCCCCCC)N(C)C. The first-order valence-corrected chi connectivity index (χ1v) is 24.0. The van der Waals surface area contributed by atoms with Crippen LogP contribution in [0.25, 0.3) is 0 Å². The van der Waals surface area contributed by atoms with Gasteiger partial charge in [-0.25, -0.2) is 0 Å². The largest absolute Gasteiger partial charge is 0.463 e. The lowest BCUT2D eigenvalue weighted by molar-refractivity contribution is -0.163. The molecule has 0 aliphatic rings. The van der Waals surface area contributed by atoms with Crippen molar-refractivity contribution >= 4 is 17.9 Å². The van der Waals surface area contributed by atoms with E-state index in [2.05, 4.69) is 20.8 Å². The van der Waals surface area contributed by atoms with Crippen molar-refractivity contribution in [3.05, 3.63) is 0 Å².